The first-order valence-corrected chi connectivity index (χ1v) is 5.84. The average molecular weight is 217 g/mol. The number of hydrazine groups is 2. The monoisotopic (exact) mass is 217 g/mol. The van der Waals surface area contributed by atoms with E-state index >= 15 is 0 Å². The van der Waals surface area contributed by atoms with Crippen molar-refractivity contribution in [1.82, 2.24) is 10.9 Å². The third-order valence-corrected chi connectivity index (χ3v) is 2.74. The van der Waals surface area contributed by atoms with Crippen molar-refractivity contribution in [2.75, 3.05) is 0 Å². The van der Waals surface area contributed by atoms with Crippen LogP contribution in [0.5, 0.6) is 0 Å². The molecule has 0 aliphatic heterocycles. The van der Waals surface area contributed by atoms with E-state index in [1.807, 2.05) is 0 Å². The Balaban J connectivity index is 4.09. The Kier molecular flexibility index (Phi) is 7.90. The summed E-state index contributed by atoms with van der Waals surface area (Å²) in [5, 5.41) is 0. The summed E-state index contributed by atoms with van der Waals surface area (Å²) in [4.78, 5) is 0. The third-order valence-electron chi connectivity index (χ3n) is 2.74. The SMILES string of the molecule is CCCCC(CC(N)(CCC)NN)NN. The summed E-state index contributed by atoms with van der Waals surface area (Å²) in [6.45, 7) is 4.26. The number of hydrogen-bond donors (Lipinski definition) is 5. The van der Waals surface area contributed by atoms with Gasteiger partial charge in [0.2, 0.25) is 0 Å². The largest absolute Gasteiger partial charge is 0.312 e. The average Bonchev–Trinajstić information content (AvgIpc) is 2.24. The van der Waals surface area contributed by atoms with E-state index in [0.717, 1.165) is 32.1 Å². The maximum Gasteiger partial charge on any atom is 0.0804 e. The van der Waals surface area contributed by atoms with Gasteiger partial charge in [-0.2, -0.15) is 0 Å². The zero-order chi connectivity index (χ0) is 11.7. The molecule has 0 fully saturated rings. The van der Waals surface area contributed by atoms with Crippen molar-refractivity contribution in [3.63, 3.8) is 0 Å². The van der Waals surface area contributed by atoms with Gasteiger partial charge in [0.15, 0.2) is 0 Å². The van der Waals surface area contributed by atoms with E-state index in [1.165, 1.54) is 6.42 Å². The topological polar surface area (TPSA) is 102 Å². The molecule has 0 aromatic heterocycles. The van der Waals surface area contributed by atoms with Crippen molar-refractivity contribution in [3.05, 3.63) is 0 Å². The van der Waals surface area contributed by atoms with E-state index in [4.69, 9.17) is 17.4 Å². The van der Waals surface area contributed by atoms with Crippen LogP contribution in [0.15, 0.2) is 0 Å². The van der Waals surface area contributed by atoms with Crippen molar-refractivity contribution >= 4 is 0 Å². The van der Waals surface area contributed by atoms with Gasteiger partial charge in [-0.15, -0.1) is 0 Å². The summed E-state index contributed by atoms with van der Waals surface area (Å²) < 4.78 is 0. The van der Waals surface area contributed by atoms with Gasteiger partial charge in [0.1, 0.15) is 0 Å². The van der Waals surface area contributed by atoms with Gasteiger partial charge in [0, 0.05) is 6.04 Å². The van der Waals surface area contributed by atoms with Gasteiger partial charge in [-0.25, -0.2) is 5.43 Å². The highest BCUT2D eigenvalue weighted by atomic mass is 15.3. The minimum atomic E-state index is -0.500. The fraction of sp³-hybridized carbons (Fsp3) is 1.00. The van der Waals surface area contributed by atoms with Gasteiger partial charge >= 0.3 is 0 Å². The lowest BCUT2D eigenvalue weighted by molar-refractivity contribution is 0.247. The maximum absolute atomic E-state index is 6.12. The molecule has 0 bridgehead atoms. The molecule has 0 aliphatic rings. The molecule has 0 radical (unpaired) electrons. The van der Waals surface area contributed by atoms with Crippen molar-refractivity contribution in [1.29, 1.82) is 0 Å². The third kappa shape index (κ3) is 6.06. The van der Waals surface area contributed by atoms with Crippen LogP contribution in [0.25, 0.3) is 0 Å². The molecule has 0 aromatic rings. The van der Waals surface area contributed by atoms with Gasteiger partial charge in [0.05, 0.1) is 5.66 Å². The van der Waals surface area contributed by atoms with Gasteiger partial charge in [-0.3, -0.25) is 17.1 Å². The number of nitrogens with two attached hydrogens (primary N) is 3. The van der Waals surface area contributed by atoms with E-state index in [-0.39, 0.29) is 6.04 Å². The van der Waals surface area contributed by atoms with E-state index < -0.39 is 5.66 Å². The summed E-state index contributed by atoms with van der Waals surface area (Å²) in [5.74, 6) is 11.0. The molecule has 0 aliphatic carbocycles. The minimum absolute atomic E-state index is 0.234. The molecule has 0 saturated carbocycles. The normalized spacial score (nSPS) is 17.4. The Morgan fingerprint density at radius 2 is 1.87 bits per heavy atom. The molecule has 5 heteroatoms. The standard InChI is InChI=1S/C10H27N5/c1-3-5-6-9(14-12)8-10(11,15-13)7-4-2/h9,14-15H,3-8,11-13H2,1-2H3. The zero-order valence-electron chi connectivity index (χ0n) is 10.1. The van der Waals surface area contributed by atoms with Crippen LogP contribution in [-0.4, -0.2) is 11.7 Å². The maximum atomic E-state index is 6.12. The second-order valence-electron chi connectivity index (χ2n) is 4.26. The van der Waals surface area contributed by atoms with Crippen molar-refractivity contribution in [2.45, 2.75) is 64.1 Å². The van der Waals surface area contributed by atoms with E-state index in [1.54, 1.807) is 0 Å². The summed E-state index contributed by atoms with van der Waals surface area (Å²) >= 11 is 0. The van der Waals surface area contributed by atoms with Gasteiger partial charge < -0.3 is 5.73 Å². The lowest BCUT2D eigenvalue weighted by Crippen LogP contribution is -2.60. The second kappa shape index (κ2) is 8.01. The predicted molar refractivity (Wildman–Crippen MR) is 64.4 cm³/mol. The second-order valence-corrected chi connectivity index (χ2v) is 4.26. The van der Waals surface area contributed by atoms with Crippen LogP contribution >= 0.6 is 0 Å². The Bertz CT molecular complexity index is 153. The fourth-order valence-electron chi connectivity index (χ4n) is 1.81. The van der Waals surface area contributed by atoms with Crippen LogP contribution in [0.3, 0.4) is 0 Å². The quantitative estimate of drug-likeness (QED) is 0.217. The van der Waals surface area contributed by atoms with Crippen molar-refractivity contribution in [3.8, 4) is 0 Å². The van der Waals surface area contributed by atoms with E-state index in [9.17, 15) is 0 Å². The number of nitrogens with one attached hydrogen (secondary N) is 2. The minimum Gasteiger partial charge on any atom is -0.312 e. The smallest absolute Gasteiger partial charge is 0.0804 e. The van der Waals surface area contributed by atoms with Gasteiger partial charge in [-0.05, 0) is 19.3 Å². The lowest BCUT2D eigenvalue weighted by Gasteiger charge is -2.32. The van der Waals surface area contributed by atoms with Crippen LogP contribution in [0.2, 0.25) is 0 Å². The molecule has 0 spiro atoms. The number of hydrogen-bond acceptors (Lipinski definition) is 5. The summed E-state index contributed by atoms with van der Waals surface area (Å²) in [6.07, 6.45) is 5.98. The predicted octanol–water partition coefficient (Wildman–Crippen LogP) is 0.317. The molecule has 5 nitrogen and oxygen atoms in total. The van der Waals surface area contributed by atoms with Gasteiger partial charge in [-0.1, -0.05) is 33.1 Å². The molecule has 0 aromatic carbocycles. The molecule has 0 amide bonds. The number of rotatable bonds is 9. The molecular weight excluding hydrogens is 190 g/mol. The van der Waals surface area contributed by atoms with Crippen LogP contribution in [0, 0.1) is 0 Å². The first-order valence-electron chi connectivity index (χ1n) is 5.84. The van der Waals surface area contributed by atoms with Crippen LogP contribution in [0.1, 0.15) is 52.4 Å². The molecule has 2 atom stereocenters. The summed E-state index contributed by atoms with van der Waals surface area (Å²) in [7, 11) is 0. The Hall–Kier alpha value is -0.200. The Morgan fingerprint density at radius 1 is 1.20 bits per heavy atom. The molecule has 2 unspecified atom stereocenters. The lowest BCUT2D eigenvalue weighted by atomic mass is 9.94. The Labute approximate surface area is 93.1 Å². The summed E-state index contributed by atoms with van der Waals surface area (Å²) in [5.41, 5.74) is 11.1. The van der Waals surface area contributed by atoms with Crippen LogP contribution < -0.4 is 28.3 Å². The van der Waals surface area contributed by atoms with Crippen molar-refractivity contribution in [2.24, 2.45) is 17.4 Å². The first-order chi connectivity index (χ1) is 7.11. The Morgan fingerprint density at radius 3 is 2.27 bits per heavy atom. The summed E-state index contributed by atoms with van der Waals surface area (Å²) in [6, 6.07) is 0.234. The molecule has 0 rings (SSSR count). The number of unbranched alkanes of at least 4 members (excludes halogenated alkanes) is 1. The van der Waals surface area contributed by atoms with Crippen LogP contribution in [0.4, 0.5) is 0 Å². The van der Waals surface area contributed by atoms with Gasteiger partial charge in [0.25, 0.3) is 0 Å². The first kappa shape index (κ1) is 14.8. The fourth-order valence-corrected chi connectivity index (χ4v) is 1.81. The highest BCUT2D eigenvalue weighted by molar-refractivity contribution is 4.84. The molecular formula is C10H27N5. The molecule has 15 heavy (non-hydrogen) atoms. The van der Waals surface area contributed by atoms with Crippen molar-refractivity contribution < 1.29 is 0 Å². The van der Waals surface area contributed by atoms with E-state index in [2.05, 4.69) is 24.7 Å². The van der Waals surface area contributed by atoms with Crippen LogP contribution in [-0.2, 0) is 0 Å². The molecule has 0 saturated heterocycles. The zero-order valence-corrected chi connectivity index (χ0v) is 10.1. The highest BCUT2D eigenvalue weighted by Gasteiger charge is 2.25. The molecule has 8 N–H and O–H groups in total. The highest BCUT2D eigenvalue weighted by Crippen LogP contribution is 2.15. The molecule has 0 heterocycles. The van der Waals surface area contributed by atoms with E-state index in [0.29, 0.717) is 0 Å². The molecule has 92 valence electrons.